The van der Waals surface area contributed by atoms with Crippen LogP contribution in [0.3, 0.4) is 0 Å². The highest BCUT2D eigenvalue weighted by Crippen LogP contribution is 2.70. The van der Waals surface area contributed by atoms with Crippen molar-refractivity contribution < 1.29 is 14.3 Å². The van der Waals surface area contributed by atoms with Crippen LogP contribution in [0, 0.1) is 22.7 Å². The van der Waals surface area contributed by atoms with Gasteiger partial charge in [-0.1, -0.05) is 13.5 Å². The van der Waals surface area contributed by atoms with Crippen LogP contribution < -0.4 is 5.32 Å². The minimum Gasteiger partial charge on any atom is -0.347 e. The van der Waals surface area contributed by atoms with Crippen molar-refractivity contribution in [3.05, 3.63) is 12.3 Å². The summed E-state index contributed by atoms with van der Waals surface area (Å²) in [5.41, 5.74) is 0.452. The molecule has 2 aliphatic carbocycles. The largest absolute Gasteiger partial charge is 0.347 e. The number of nitrogens with one attached hydrogen (secondary N) is 1. The Labute approximate surface area is 119 Å². The summed E-state index contributed by atoms with van der Waals surface area (Å²) in [6, 6.07) is 0. The van der Waals surface area contributed by atoms with E-state index in [1.807, 2.05) is 0 Å². The summed E-state index contributed by atoms with van der Waals surface area (Å²) < 4.78 is 12.1. The molecule has 4 rings (SSSR count). The van der Waals surface area contributed by atoms with Crippen LogP contribution in [0.1, 0.15) is 39.5 Å². The second kappa shape index (κ2) is 3.66. The smallest absolute Gasteiger partial charge is 0.230 e. The first kappa shape index (κ1) is 12.8. The van der Waals surface area contributed by atoms with Gasteiger partial charge in [0.25, 0.3) is 0 Å². The summed E-state index contributed by atoms with van der Waals surface area (Å²) in [6.45, 7) is 9.77. The highest BCUT2D eigenvalue weighted by atomic mass is 16.7. The van der Waals surface area contributed by atoms with Crippen molar-refractivity contribution in [2.24, 2.45) is 22.7 Å². The average Bonchev–Trinajstić information content (AvgIpc) is 3.01. The molecule has 2 saturated carbocycles. The van der Waals surface area contributed by atoms with Gasteiger partial charge in [-0.05, 0) is 32.1 Å². The van der Waals surface area contributed by atoms with Crippen LogP contribution in [0.25, 0.3) is 0 Å². The molecule has 0 aromatic carbocycles. The van der Waals surface area contributed by atoms with Crippen molar-refractivity contribution in [1.82, 2.24) is 5.32 Å². The SMILES string of the molecule is C=C1NC(=O)[C@@]2(C)C3C4(CC[C@@]13CC[C@H]2C)OCCO4. The molecule has 4 atom stereocenters. The Kier molecular flexibility index (Phi) is 2.35. The molecule has 0 aromatic rings. The minimum absolute atomic E-state index is 0.0283. The number of piperidine rings is 1. The Morgan fingerprint density at radius 3 is 2.65 bits per heavy atom. The van der Waals surface area contributed by atoms with Gasteiger partial charge in [-0.2, -0.15) is 0 Å². The van der Waals surface area contributed by atoms with E-state index < -0.39 is 11.2 Å². The monoisotopic (exact) mass is 277 g/mol. The van der Waals surface area contributed by atoms with Crippen molar-refractivity contribution in [2.45, 2.75) is 45.3 Å². The summed E-state index contributed by atoms with van der Waals surface area (Å²) in [5.74, 6) is 0.00613. The number of hydrogen-bond donors (Lipinski definition) is 1. The number of carbonyl (C=O) groups excluding carboxylic acids is 1. The molecule has 4 nitrogen and oxygen atoms in total. The molecule has 2 saturated heterocycles. The maximum atomic E-state index is 12.7. The number of rotatable bonds is 0. The fourth-order valence-corrected chi connectivity index (χ4v) is 5.47. The molecular weight excluding hydrogens is 254 g/mol. The lowest BCUT2D eigenvalue weighted by molar-refractivity contribution is -0.240. The predicted molar refractivity (Wildman–Crippen MR) is 73.6 cm³/mol. The molecule has 1 amide bonds. The van der Waals surface area contributed by atoms with Crippen molar-refractivity contribution >= 4 is 5.91 Å². The number of ether oxygens (including phenoxy) is 2. The summed E-state index contributed by atoms with van der Waals surface area (Å²) in [5, 5.41) is 3.08. The lowest BCUT2D eigenvalue weighted by Crippen LogP contribution is -2.66. The number of amides is 1. The van der Waals surface area contributed by atoms with Crippen LogP contribution in [0.5, 0.6) is 0 Å². The van der Waals surface area contributed by atoms with Gasteiger partial charge in [0.05, 0.1) is 18.6 Å². The lowest BCUT2D eigenvalue weighted by Gasteiger charge is -2.59. The quantitative estimate of drug-likeness (QED) is 0.738. The van der Waals surface area contributed by atoms with E-state index in [4.69, 9.17) is 9.47 Å². The van der Waals surface area contributed by atoms with Gasteiger partial charge in [0.15, 0.2) is 5.79 Å². The molecule has 4 fully saturated rings. The van der Waals surface area contributed by atoms with Crippen molar-refractivity contribution in [1.29, 1.82) is 0 Å². The molecule has 0 aromatic heterocycles. The highest BCUT2D eigenvalue weighted by molar-refractivity contribution is 5.87. The number of allylic oxidation sites excluding steroid dienone is 1. The first-order valence-corrected chi connectivity index (χ1v) is 7.74. The van der Waals surface area contributed by atoms with Crippen LogP contribution in [0.15, 0.2) is 12.3 Å². The first-order valence-electron chi connectivity index (χ1n) is 7.74. The molecule has 1 N–H and O–H groups in total. The van der Waals surface area contributed by atoms with E-state index in [1.165, 1.54) is 0 Å². The Morgan fingerprint density at radius 1 is 1.25 bits per heavy atom. The molecule has 1 spiro atoms. The van der Waals surface area contributed by atoms with E-state index in [0.717, 1.165) is 31.4 Å². The summed E-state index contributed by atoms with van der Waals surface area (Å²) in [7, 11) is 0. The molecule has 2 bridgehead atoms. The highest BCUT2D eigenvalue weighted by Gasteiger charge is 2.73. The maximum absolute atomic E-state index is 12.7. The van der Waals surface area contributed by atoms with Crippen LogP contribution in [0.2, 0.25) is 0 Å². The Bertz CT molecular complexity index is 496. The molecule has 110 valence electrons. The lowest BCUT2D eigenvalue weighted by atomic mass is 9.48. The molecule has 20 heavy (non-hydrogen) atoms. The van der Waals surface area contributed by atoms with E-state index >= 15 is 0 Å². The number of carbonyl (C=O) groups is 1. The van der Waals surface area contributed by atoms with E-state index in [9.17, 15) is 4.79 Å². The second-order valence-corrected chi connectivity index (χ2v) is 7.25. The number of hydrogen-bond acceptors (Lipinski definition) is 3. The normalized spacial score (nSPS) is 49.3. The van der Waals surface area contributed by atoms with Gasteiger partial charge >= 0.3 is 0 Å². The van der Waals surface area contributed by atoms with Gasteiger partial charge < -0.3 is 14.8 Å². The van der Waals surface area contributed by atoms with Gasteiger partial charge in [0.1, 0.15) is 0 Å². The van der Waals surface area contributed by atoms with Crippen LogP contribution in [-0.4, -0.2) is 24.9 Å². The third-order valence-electron chi connectivity index (χ3n) is 6.69. The average molecular weight is 277 g/mol. The fraction of sp³-hybridized carbons (Fsp3) is 0.812. The zero-order valence-electron chi connectivity index (χ0n) is 12.3. The van der Waals surface area contributed by atoms with Gasteiger partial charge in [0, 0.05) is 23.5 Å². The van der Waals surface area contributed by atoms with Crippen molar-refractivity contribution in [3.63, 3.8) is 0 Å². The van der Waals surface area contributed by atoms with Crippen LogP contribution in [-0.2, 0) is 14.3 Å². The Balaban J connectivity index is 1.91. The Morgan fingerprint density at radius 2 is 1.95 bits per heavy atom. The predicted octanol–water partition coefficient (Wildman–Crippen LogP) is 2.21. The second-order valence-electron chi connectivity index (χ2n) is 7.25. The standard InChI is InChI=1S/C16H23NO3/c1-10-4-5-15-6-7-16(19-8-9-20-16)12(15)14(10,3)13(18)17-11(15)2/h10,12H,2,4-9H2,1,3H3,(H,17,18)/t10-,12?,14-,15+/m1/s1. The maximum Gasteiger partial charge on any atom is 0.230 e. The third kappa shape index (κ3) is 1.19. The molecular formula is C16H23NO3. The van der Waals surface area contributed by atoms with Gasteiger partial charge in [0.2, 0.25) is 5.91 Å². The van der Waals surface area contributed by atoms with E-state index in [2.05, 4.69) is 25.7 Å². The third-order valence-corrected chi connectivity index (χ3v) is 6.69. The van der Waals surface area contributed by atoms with Gasteiger partial charge in [-0.25, -0.2) is 0 Å². The van der Waals surface area contributed by atoms with Crippen molar-refractivity contribution in [3.8, 4) is 0 Å². The fourth-order valence-electron chi connectivity index (χ4n) is 5.47. The Hall–Kier alpha value is -0.870. The molecule has 2 heterocycles. The van der Waals surface area contributed by atoms with Crippen LogP contribution >= 0.6 is 0 Å². The molecule has 4 heteroatoms. The molecule has 1 unspecified atom stereocenters. The molecule has 4 aliphatic rings. The summed E-state index contributed by atoms with van der Waals surface area (Å²) >= 11 is 0. The van der Waals surface area contributed by atoms with E-state index in [1.54, 1.807) is 0 Å². The summed E-state index contributed by atoms with van der Waals surface area (Å²) in [4.78, 5) is 12.7. The van der Waals surface area contributed by atoms with Crippen molar-refractivity contribution in [2.75, 3.05) is 13.2 Å². The van der Waals surface area contributed by atoms with E-state index in [-0.39, 0.29) is 17.2 Å². The zero-order chi connectivity index (χ0) is 14.2. The van der Waals surface area contributed by atoms with Crippen LogP contribution in [0.4, 0.5) is 0 Å². The summed E-state index contributed by atoms with van der Waals surface area (Å²) in [6.07, 6.45) is 4.06. The van der Waals surface area contributed by atoms with E-state index in [0.29, 0.717) is 19.1 Å². The first-order chi connectivity index (χ1) is 9.46. The zero-order valence-corrected chi connectivity index (χ0v) is 12.3. The van der Waals surface area contributed by atoms with Gasteiger partial charge in [-0.15, -0.1) is 0 Å². The minimum atomic E-state index is -0.551. The topological polar surface area (TPSA) is 47.6 Å². The molecule has 2 aliphatic heterocycles. The van der Waals surface area contributed by atoms with Gasteiger partial charge in [-0.3, -0.25) is 4.79 Å². The molecule has 0 radical (unpaired) electrons.